The van der Waals surface area contributed by atoms with Gasteiger partial charge >= 0.3 is 0 Å². The second kappa shape index (κ2) is 5.64. The first-order valence-corrected chi connectivity index (χ1v) is 6.88. The van der Waals surface area contributed by atoms with Crippen molar-refractivity contribution in [2.45, 2.75) is 6.04 Å². The molecule has 0 amide bonds. The third-order valence-corrected chi connectivity index (χ3v) is 4.44. The summed E-state index contributed by atoms with van der Waals surface area (Å²) < 4.78 is 42.6. The fourth-order valence-corrected chi connectivity index (χ4v) is 2.33. The topological polar surface area (TPSA) is 72.6 Å². The molecule has 0 saturated carbocycles. The molecule has 1 rings (SSSR count). The lowest BCUT2D eigenvalue weighted by molar-refractivity contribution is 0.386. The van der Waals surface area contributed by atoms with Gasteiger partial charge in [-0.15, -0.1) is 0 Å². The monoisotopic (exact) mass is 276 g/mol. The van der Waals surface area contributed by atoms with E-state index in [0.29, 0.717) is 5.56 Å². The Morgan fingerprint density at radius 1 is 1.44 bits per heavy atom. The van der Waals surface area contributed by atoms with Crippen molar-refractivity contribution in [3.05, 3.63) is 29.6 Å². The highest BCUT2D eigenvalue weighted by Gasteiger charge is 2.20. The largest absolute Gasteiger partial charge is 0.494 e. The smallest absolute Gasteiger partial charge is 0.215 e. The summed E-state index contributed by atoms with van der Waals surface area (Å²) in [7, 11) is 0.791. The molecule has 5 nitrogen and oxygen atoms in total. The van der Waals surface area contributed by atoms with Crippen molar-refractivity contribution in [3.8, 4) is 5.75 Å². The summed E-state index contributed by atoms with van der Waals surface area (Å²) in [4.78, 5) is 0. The van der Waals surface area contributed by atoms with E-state index < -0.39 is 21.9 Å². The molecular formula is C11H17FN2O3S. The molecule has 0 bridgehead atoms. The first kappa shape index (κ1) is 14.9. The Bertz CT molecular complexity index is 517. The molecule has 18 heavy (non-hydrogen) atoms. The number of rotatable bonds is 5. The molecule has 0 fully saturated rings. The van der Waals surface area contributed by atoms with Crippen LogP contribution >= 0.6 is 0 Å². The van der Waals surface area contributed by atoms with Crippen LogP contribution in [0.3, 0.4) is 0 Å². The molecule has 0 spiro atoms. The van der Waals surface area contributed by atoms with Crippen molar-refractivity contribution in [2.24, 2.45) is 5.73 Å². The molecule has 0 aromatic heterocycles. The lowest BCUT2D eigenvalue weighted by atomic mass is 10.1. The van der Waals surface area contributed by atoms with Crippen molar-refractivity contribution < 1.29 is 17.5 Å². The SMILES string of the molecule is COc1ccc(C(N)CS(=O)(=O)N(C)C)cc1F. The van der Waals surface area contributed by atoms with Gasteiger partial charge in [-0.2, -0.15) is 0 Å². The standard InChI is InChI=1S/C11H17FN2O3S/c1-14(2)18(15,16)7-10(13)8-4-5-11(17-3)9(12)6-8/h4-6,10H,7,13H2,1-3H3. The van der Waals surface area contributed by atoms with E-state index in [4.69, 9.17) is 10.5 Å². The maximum absolute atomic E-state index is 13.5. The highest BCUT2D eigenvalue weighted by molar-refractivity contribution is 7.89. The molecule has 2 N–H and O–H groups in total. The summed E-state index contributed by atoms with van der Waals surface area (Å²) in [5.41, 5.74) is 6.18. The maximum atomic E-state index is 13.5. The summed E-state index contributed by atoms with van der Waals surface area (Å²) in [6.45, 7) is 0. The number of nitrogens with two attached hydrogens (primary N) is 1. The molecule has 1 atom stereocenters. The van der Waals surface area contributed by atoms with Crippen LogP contribution in [0, 0.1) is 5.82 Å². The molecule has 1 unspecified atom stereocenters. The van der Waals surface area contributed by atoms with E-state index in [0.717, 1.165) is 4.31 Å². The maximum Gasteiger partial charge on any atom is 0.215 e. The molecule has 0 radical (unpaired) electrons. The number of benzene rings is 1. The van der Waals surface area contributed by atoms with Crippen LogP contribution in [0.25, 0.3) is 0 Å². The normalized spacial score (nSPS) is 13.7. The van der Waals surface area contributed by atoms with Gasteiger partial charge in [0.05, 0.1) is 12.9 Å². The van der Waals surface area contributed by atoms with Crippen molar-refractivity contribution in [1.29, 1.82) is 0 Å². The molecule has 7 heteroatoms. The molecule has 102 valence electrons. The van der Waals surface area contributed by atoms with Gasteiger partial charge in [-0.3, -0.25) is 0 Å². The molecule has 0 aliphatic carbocycles. The van der Waals surface area contributed by atoms with Gasteiger partial charge in [-0.25, -0.2) is 17.1 Å². The fourth-order valence-electron chi connectivity index (χ4n) is 1.39. The van der Waals surface area contributed by atoms with Crippen LogP contribution in [0.2, 0.25) is 0 Å². The Balaban J connectivity index is 2.92. The van der Waals surface area contributed by atoms with Crippen LogP contribution in [0.5, 0.6) is 5.75 Å². The van der Waals surface area contributed by atoms with Crippen LogP contribution < -0.4 is 10.5 Å². The molecule has 0 aliphatic heterocycles. The summed E-state index contributed by atoms with van der Waals surface area (Å²) in [6.07, 6.45) is 0. The Morgan fingerprint density at radius 2 is 2.06 bits per heavy atom. The summed E-state index contributed by atoms with van der Waals surface area (Å²) in [5.74, 6) is -0.736. The molecule has 0 saturated heterocycles. The molecule has 1 aromatic rings. The van der Waals surface area contributed by atoms with Crippen LogP contribution in [0.15, 0.2) is 18.2 Å². The predicted octanol–water partition coefficient (Wildman–Crippen LogP) is 0.726. The molecule has 0 aliphatic rings. The van der Waals surface area contributed by atoms with Crippen molar-refractivity contribution in [3.63, 3.8) is 0 Å². The number of methoxy groups -OCH3 is 1. The van der Waals surface area contributed by atoms with E-state index >= 15 is 0 Å². The van der Waals surface area contributed by atoms with Gasteiger partial charge in [0.15, 0.2) is 11.6 Å². The zero-order chi connectivity index (χ0) is 13.9. The third-order valence-electron chi connectivity index (χ3n) is 2.55. The first-order chi connectivity index (χ1) is 8.27. The average molecular weight is 276 g/mol. The summed E-state index contributed by atoms with van der Waals surface area (Å²) in [6, 6.07) is 3.39. The second-order valence-electron chi connectivity index (χ2n) is 4.06. The van der Waals surface area contributed by atoms with Crippen molar-refractivity contribution in [2.75, 3.05) is 27.0 Å². The first-order valence-electron chi connectivity index (χ1n) is 5.27. The highest BCUT2D eigenvalue weighted by atomic mass is 32.2. The van der Waals surface area contributed by atoms with E-state index in [2.05, 4.69) is 0 Å². The van der Waals surface area contributed by atoms with Gasteiger partial charge in [0.2, 0.25) is 10.0 Å². The van der Waals surface area contributed by atoms with Crippen LogP contribution in [0.4, 0.5) is 4.39 Å². The minimum Gasteiger partial charge on any atom is -0.494 e. The van der Waals surface area contributed by atoms with E-state index in [1.165, 1.54) is 33.3 Å². The summed E-state index contributed by atoms with van der Waals surface area (Å²) >= 11 is 0. The molecule has 1 aromatic carbocycles. The minimum absolute atomic E-state index is 0.0985. The number of ether oxygens (including phenoxy) is 1. The Hall–Kier alpha value is -1.18. The van der Waals surface area contributed by atoms with E-state index in [9.17, 15) is 12.8 Å². The van der Waals surface area contributed by atoms with E-state index in [-0.39, 0.29) is 11.5 Å². The highest BCUT2D eigenvalue weighted by Crippen LogP contribution is 2.21. The number of sulfonamides is 1. The van der Waals surface area contributed by atoms with Gasteiger partial charge in [0, 0.05) is 20.1 Å². The predicted molar refractivity (Wildman–Crippen MR) is 67.4 cm³/mol. The third kappa shape index (κ3) is 3.41. The van der Waals surface area contributed by atoms with E-state index in [1.807, 2.05) is 0 Å². The van der Waals surface area contributed by atoms with Gasteiger partial charge in [0.25, 0.3) is 0 Å². The average Bonchev–Trinajstić information content (AvgIpc) is 2.28. The van der Waals surface area contributed by atoms with Gasteiger partial charge in [-0.05, 0) is 17.7 Å². The zero-order valence-electron chi connectivity index (χ0n) is 10.6. The molecule has 0 heterocycles. The number of hydrogen-bond donors (Lipinski definition) is 1. The zero-order valence-corrected chi connectivity index (χ0v) is 11.4. The Morgan fingerprint density at radius 3 is 2.50 bits per heavy atom. The minimum atomic E-state index is -3.42. The van der Waals surface area contributed by atoms with Gasteiger partial charge in [0.1, 0.15) is 0 Å². The van der Waals surface area contributed by atoms with Crippen LogP contribution in [0.1, 0.15) is 11.6 Å². The number of hydrogen-bond acceptors (Lipinski definition) is 4. The summed E-state index contributed by atoms with van der Waals surface area (Å²) in [5, 5.41) is 0. The Kier molecular flexibility index (Phi) is 4.66. The Labute approximate surface area is 106 Å². The lowest BCUT2D eigenvalue weighted by Gasteiger charge is -2.16. The van der Waals surface area contributed by atoms with Crippen LogP contribution in [-0.4, -0.2) is 39.7 Å². The van der Waals surface area contributed by atoms with Gasteiger partial charge < -0.3 is 10.5 Å². The second-order valence-corrected chi connectivity index (χ2v) is 6.29. The van der Waals surface area contributed by atoms with Crippen molar-refractivity contribution >= 4 is 10.0 Å². The number of halogens is 1. The fraction of sp³-hybridized carbons (Fsp3) is 0.455. The quantitative estimate of drug-likeness (QED) is 0.860. The van der Waals surface area contributed by atoms with Crippen LogP contribution in [-0.2, 0) is 10.0 Å². The lowest BCUT2D eigenvalue weighted by Crippen LogP contribution is -2.31. The van der Waals surface area contributed by atoms with Gasteiger partial charge in [-0.1, -0.05) is 6.07 Å². The van der Waals surface area contributed by atoms with E-state index in [1.54, 1.807) is 6.07 Å². The molecular weight excluding hydrogens is 259 g/mol. The number of nitrogens with zero attached hydrogens (tertiary/aromatic N) is 1. The van der Waals surface area contributed by atoms with Crippen molar-refractivity contribution in [1.82, 2.24) is 4.31 Å².